The van der Waals surface area contributed by atoms with E-state index in [1.165, 1.54) is 29.7 Å². The van der Waals surface area contributed by atoms with E-state index in [1.54, 1.807) is 6.07 Å². The Hall–Kier alpha value is -2.03. The van der Waals surface area contributed by atoms with E-state index in [-0.39, 0.29) is 17.8 Å². The number of rotatable bonds is 3. The van der Waals surface area contributed by atoms with Crippen LogP contribution in [0.5, 0.6) is 0 Å². The minimum Gasteiger partial charge on any atom is -0.294 e. The van der Waals surface area contributed by atoms with E-state index in [2.05, 4.69) is 0 Å². The number of aryl methyl sites for hydroxylation is 2. The SMILES string of the molecule is O=C(Cc1cccc(F)c1F)c1ccc2c(c1)CCCC2. The lowest BCUT2D eigenvalue weighted by molar-refractivity contribution is 0.0991. The first kappa shape index (κ1) is 13.9. The molecular weight excluding hydrogens is 270 g/mol. The third-order valence-electron chi connectivity index (χ3n) is 4.05. The number of benzene rings is 2. The second-order valence-corrected chi connectivity index (χ2v) is 5.50. The molecule has 1 nitrogen and oxygen atoms in total. The monoisotopic (exact) mass is 286 g/mol. The standard InChI is InChI=1S/C18H16F2O/c19-16-7-3-6-15(18(16)20)11-17(21)14-9-8-12-4-1-2-5-13(12)10-14/h3,6-10H,1-2,4-5,11H2. The molecule has 1 aliphatic carbocycles. The Balaban J connectivity index is 1.84. The number of ketones is 1. The lowest BCUT2D eigenvalue weighted by Gasteiger charge is -2.16. The summed E-state index contributed by atoms with van der Waals surface area (Å²) in [5, 5.41) is 0. The third-order valence-corrected chi connectivity index (χ3v) is 4.05. The van der Waals surface area contributed by atoms with Gasteiger partial charge in [-0.1, -0.05) is 24.3 Å². The molecule has 0 N–H and O–H groups in total. The van der Waals surface area contributed by atoms with E-state index in [0.717, 1.165) is 25.3 Å². The molecule has 108 valence electrons. The van der Waals surface area contributed by atoms with E-state index in [0.29, 0.717) is 5.56 Å². The zero-order valence-corrected chi connectivity index (χ0v) is 11.7. The molecule has 0 heterocycles. The smallest absolute Gasteiger partial charge is 0.167 e. The first-order valence-corrected chi connectivity index (χ1v) is 7.23. The van der Waals surface area contributed by atoms with E-state index in [4.69, 9.17) is 0 Å². The predicted molar refractivity (Wildman–Crippen MR) is 77.5 cm³/mol. The van der Waals surface area contributed by atoms with E-state index < -0.39 is 11.6 Å². The molecule has 0 radical (unpaired) electrons. The molecule has 0 spiro atoms. The number of fused-ring (bicyclic) bond motifs is 1. The normalized spacial score (nSPS) is 13.8. The minimum absolute atomic E-state index is 0.109. The maximum atomic E-state index is 13.6. The number of Topliss-reactive ketones (excluding diaryl/α,β-unsaturated/α-hetero) is 1. The van der Waals surface area contributed by atoms with Gasteiger partial charge >= 0.3 is 0 Å². The molecule has 1 aliphatic rings. The lowest BCUT2D eigenvalue weighted by Crippen LogP contribution is -2.09. The summed E-state index contributed by atoms with van der Waals surface area (Å²) in [6, 6.07) is 9.63. The first-order chi connectivity index (χ1) is 10.1. The van der Waals surface area contributed by atoms with Gasteiger partial charge in [0.1, 0.15) is 0 Å². The fourth-order valence-corrected chi connectivity index (χ4v) is 2.87. The molecule has 21 heavy (non-hydrogen) atoms. The largest absolute Gasteiger partial charge is 0.294 e. The summed E-state index contributed by atoms with van der Waals surface area (Å²) in [5.41, 5.74) is 3.21. The van der Waals surface area contributed by atoms with Crippen LogP contribution in [-0.2, 0) is 19.3 Å². The van der Waals surface area contributed by atoms with Gasteiger partial charge in [-0.3, -0.25) is 4.79 Å². The van der Waals surface area contributed by atoms with Crippen molar-refractivity contribution < 1.29 is 13.6 Å². The van der Waals surface area contributed by atoms with E-state index in [9.17, 15) is 13.6 Å². The van der Waals surface area contributed by atoms with Gasteiger partial charge < -0.3 is 0 Å². The number of hydrogen-bond acceptors (Lipinski definition) is 1. The highest BCUT2D eigenvalue weighted by molar-refractivity contribution is 5.97. The highest BCUT2D eigenvalue weighted by atomic mass is 19.2. The summed E-state index contributed by atoms with van der Waals surface area (Å²) in [6.07, 6.45) is 4.27. The van der Waals surface area contributed by atoms with Gasteiger partial charge in [0, 0.05) is 12.0 Å². The highest BCUT2D eigenvalue weighted by Crippen LogP contribution is 2.23. The Morgan fingerprint density at radius 3 is 2.57 bits per heavy atom. The second kappa shape index (κ2) is 5.76. The van der Waals surface area contributed by atoms with Crippen LogP contribution < -0.4 is 0 Å². The molecule has 0 aromatic heterocycles. The van der Waals surface area contributed by atoms with Gasteiger partial charge in [0.15, 0.2) is 17.4 Å². The van der Waals surface area contributed by atoms with Gasteiger partial charge in [-0.25, -0.2) is 8.78 Å². The molecule has 3 heteroatoms. The van der Waals surface area contributed by atoms with Crippen LogP contribution >= 0.6 is 0 Å². The van der Waals surface area contributed by atoms with Crippen LogP contribution in [0.25, 0.3) is 0 Å². The Kier molecular flexibility index (Phi) is 3.82. The van der Waals surface area contributed by atoms with Crippen LogP contribution in [0.2, 0.25) is 0 Å². The van der Waals surface area contributed by atoms with E-state index in [1.807, 2.05) is 12.1 Å². The molecule has 0 unspecified atom stereocenters. The van der Waals surface area contributed by atoms with Crippen molar-refractivity contribution in [3.8, 4) is 0 Å². The van der Waals surface area contributed by atoms with Crippen molar-refractivity contribution >= 4 is 5.78 Å². The van der Waals surface area contributed by atoms with Crippen LogP contribution in [0, 0.1) is 11.6 Å². The molecule has 0 atom stereocenters. The van der Waals surface area contributed by atoms with E-state index >= 15 is 0 Å². The topological polar surface area (TPSA) is 17.1 Å². The second-order valence-electron chi connectivity index (χ2n) is 5.50. The summed E-state index contributed by atoms with van der Waals surface area (Å²) < 4.78 is 26.8. The Morgan fingerprint density at radius 1 is 1.00 bits per heavy atom. The quantitative estimate of drug-likeness (QED) is 0.770. The van der Waals surface area contributed by atoms with Crippen LogP contribution in [0.3, 0.4) is 0 Å². The predicted octanol–water partition coefficient (Wildman–Crippen LogP) is 4.27. The highest BCUT2D eigenvalue weighted by Gasteiger charge is 2.15. The van der Waals surface area contributed by atoms with Gasteiger partial charge in [0.2, 0.25) is 0 Å². The zero-order chi connectivity index (χ0) is 14.8. The Labute approximate surface area is 122 Å². The molecule has 0 fully saturated rings. The lowest BCUT2D eigenvalue weighted by atomic mass is 9.89. The number of hydrogen-bond donors (Lipinski definition) is 0. The average molecular weight is 286 g/mol. The molecule has 0 saturated carbocycles. The Bertz CT molecular complexity index is 692. The van der Waals surface area contributed by atoms with Crippen molar-refractivity contribution in [2.75, 3.05) is 0 Å². The molecular formula is C18H16F2O. The molecule has 0 aliphatic heterocycles. The van der Waals surface area contributed by atoms with Crippen molar-refractivity contribution in [1.82, 2.24) is 0 Å². The van der Waals surface area contributed by atoms with Crippen LogP contribution in [-0.4, -0.2) is 5.78 Å². The summed E-state index contributed by atoms with van der Waals surface area (Å²) in [4.78, 5) is 12.3. The molecule has 2 aromatic rings. The Morgan fingerprint density at radius 2 is 1.76 bits per heavy atom. The van der Waals surface area contributed by atoms with Crippen molar-refractivity contribution in [2.24, 2.45) is 0 Å². The summed E-state index contributed by atoms with van der Waals surface area (Å²) in [7, 11) is 0. The molecule has 0 bridgehead atoms. The first-order valence-electron chi connectivity index (χ1n) is 7.23. The minimum atomic E-state index is -0.927. The van der Waals surface area contributed by atoms with Crippen molar-refractivity contribution in [2.45, 2.75) is 32.1 Å². The van der Waals surface area contributed by atoms with Crippen molar-refractivity contribution in [3.63, 3.8) is 0 Å². The molecule has 0 amide bonds. The summed E-state index contributed by atoms with van der Waals surface area (Å²) >= 11 is 0. The maximum absolute atomic E-state index is 13.6. The fourth-order valence-electron chi connectivity index (χ4n) is 2.87. The van der Waals surface area contributed by atoms with Crippen LogP contribution in [0.1, 0.15) is 39.9 Å². The van der Waals surface area contributed by atoms with Crippen LogP contribution in [0.4, 0.5) is 8.78 Å². The summed E-state index contributed by atoms with van der Waals surface area (Å²) in [6.45, 7) is 0. The van der Waals surface area contributed by atoms with Gasteiger partial charge in [-0.15, -0.1) is 0 Å². The van der Waals surface area contributed by atoms with Crippen molar-refractivity contribution in [1.29, 1.82) is 0 Å². The number of carbonyl (C=O) groups is 1. The van der Waals surface area contributed by atoms with Gasteiger partial charge in [-0.2, -0.15) is 0 Å². The molecule has 0 saturated heterocycles. The summed E-state index contributed by atoms with van der Waals surface area (Å²) in [5.74, 6) is -2.01. The molecule has 2 aromatic carbocycles. The number of halogens is 2. The van der Waals surface area contributed by atoms with Gasteiger partial charge in [-0.05, 0) is 54.5 Å². The zero-order valence-electron chi connectivity index (χ0n) is 11.7. The molecule has 3 rings (SSSR count). The van der Waals surface area contributed by atoms with Crippen molar-refractivity contribution in [3.05, 3.63) is 70.3 Å². The van der Waals surface area contributed by atoms with Gasteiger partial charge in [0.25, 0.3) is 0 Å². The van der Waals surface area contributed by atoms with Crippen LogP contribution in [0.15, 0.2) is 36.4 Å². The average Bonchev–Trinajstić information content (AvgIpc) is 2.51. The van der Waals surface area contributed by atoms with Gasteiger partial charge in [0.05, 0.1) is 0 Å². The third kappa shape index (κ3) is 2.87. The fraction of sp³-hybridized carbons (Fsp3) is 0.278. The maximum Gasteiger partial charge on any atom is 0.167 e. The number of carbonyl (C=O) groups excluding carboxylic acids is 1.